The van der Waals surface area contributed by atoms with Crippen molar-refractivity contribution < 1.29 is 13.9 Å². The Bertz CT molecular complexity index is 608. The molecule has 2 aromatic rings. The first-order chi connectivity index (χ1) is 10.2. The Hall–Kier alpha value is -2.08. The second-order valence-corrected chi connectivity index (χ2v) is 5.22. The number of nitrogens with one attached hydrogen (secondary N) is 1. The zero-order chi connectivity index (χ0) is 15.1. The van der Waals surface area contributed by atoms with Crippen molar-refractivity contribution in [2.45, 2.75) is 5.75 Å². The van der Waals surface area contributed by atoms with E-state index in [0.29, 0.717) is 17.2 Å². The van der Waals surface area contributed by atoms with Gasteiger partial charge in [0.05, 0.1) is 12.9 Å². The van der Waals surface area contributed by atoms with Crippen LogP contribution in [0.15, 0.2) is 42.7 Å². The molecule has 0 aliphatic heterocycles. The average molecular weight is 306 g/mol. The Labute approximate surface area is 126 Å². The number of benzene rings is 1. The van der Waals surface area contributed by atoms with Crippen LogP contribution in [-0.4, -0.2) is 23.8 Å². The lowest BCUT2D eigenvalue weighted by Gasteiger charge is -2.08. The predicted molar refractivity (Wildman–Crippen MR) is 82.0 cm³/mol. The summed E-state index contributed by atoms with van der Waals surface area (Å²) in [5.74, 6) is 0.986. The standard InChI is InChI=1S/C15H15FN2O2S/c1-20-14-3-2-12(16)8-11(14)9-21-10-15(19)18-13-4-6-17-7-5-13/h2-8H,9-10H2,1H3,(H,17,18,19). The first-order valence-electron chi connectivity index (χ1n) is 6.29. The van der Waals surface area contributed by atoms with E-state index in [9.17, 15) is 9.18 Å². The van der Waals surface area contributed by atoms with Crippen molar-refractivity contribution in [3.8, 4) is 5.75 Å². The fourth-order valence-electron chi connectivity index (χ4n) is 1.75. The van der Waals surface area contributed by atoms with E-state index in [1.807, 2.05) is 0 Å². The number of ether oxygens (including phenoxy) is 1. The van der Waals surface area contributed by atoms with E-state index in [4.69, 9.17) is 4.74 Å². The number of aromatic nitrogens is 1. The first-order valence-corrected chi connectivity index (χ1v) is 7.44. The number of halogens is 1. The third-order valence-electron chi connectivity index (χ3n) is 2.70. The Morgan fingerprint density at radius 2 is 2.10 bits per heavy atom. The molecule has 0 unspecified atom stereocenters. The number of hydrogen-bond acceptors (Lipinski definition) is 4. The zero-order valence-electron chi connectivity index (χ0n) is 11.5. The number of nitrogens with zero attached hydrogens (tertiary/aromatic N) is 1. The highest BCUT2D eigenvalue weighted by molar-refractivity contribution is 7.99. The van der Waals surface area contributed by atoms with E-state index in [0.717, 1.165) is 5.56 Å². The summed E-state index contributed by atoms with van der Waals surface area (Å²) in [5.41, 5.74) is 1.44. The number of amides is 1. The third-order valence-corrected chi connectivity index (χ3v) is 3.68. The smallest absolute Gasteiger partial charge is 0.234 e. The summed E-state index contributed by atoms with van der Waals surface area (Å²) in [6.45, 7) is 0. The number of carbonyl (C=O) groups is 1. The van der Waals surface area contributed by atoms with Crippen molar-refractivity contribution >= 4 is 23.4 Å². The molecule has 1 amide bonds. The summed E-state index contributed by atoms with van der Waals surface area (Å²) >= 11 is 1.40. The minimum atomic E-state index is -0.312. The highest BCUT2D eigenvalue weighted by Crippen LogP contribution is 2.24. The molecule has 2 rings (SSSR count). The van der Waals surface area contributed by atoms with Gasteiger partial charge in [-0.1, -0.05) is 0 Å². The maximum absolute atomic E-state index is 13.2. The number of hydrogen-bond donors (Lipinski definition) is 1. The molecular formula is C15H15FN2O2S. The van der Waals surface area contributed by atoms with Gasteiger partial charge in [0, 0.05) is 29.4 Å². The predicted octanol–water partition coefficient (Wildman–Crippen LogP) is 3.10. The van der Waals surface area contributed by atoms with Crippen molar-refractivity contribution in [3.05, 3.63) is 54.1 Å². The molecule has 1 N–H and O–H groups in total. The Balaban J connectivity index is 1.84. The molecule has 0 aliphatic rings. The highest BCUT2D eigenvalue weighted by atomic mass is 32.2. The van der Waals surface area contributed by atoms with Crippen LogP contribution in [0.5, 0.6) is 5.75 Å². The van der Waals surface area contributed by atoms with Crippen molar-refractivity contribution in [1.82, 2.24) is 4.98 Å². The number of carbonyl (C=O) groups excluding carboxylic acids is 1. The van der Waals surface area contributed by atoms with Crippen LogP contribution < -0.4 is 10.1 Å². The van der Waals surface area contributed by atoms with Crippen molar-refractivity contribution in [1.29, 1.82) is 0 Å². The summed E-state index contributed by atoms with van der Waals surface area (Å²) < 4.78 is 18.4. The number of thioether (sulfide) groups is 1. The summed E-state index contributed by atoms with van der Waals surface area (Å²) in [6.07, 6.45) is 3.22. The molecule has 0 radical (unpaired) electrons. The van der Waals surface area contributed by atoms with Crippen LogP contribution in [0.2, 0.25) is 0 Å². The second-order valence-electron chi connectivity index (χ2n) is 4.23. The number of rotatable bonds is 6. The molecule has 0 fully saturated rings. The van der Waals surface area contributed by atoms with Gasteiger partial charge in [0.1, 0.15) is 11.6 Å². The minimum absolute atomic E-state index is 0.110. The monoisotopic (exact) mass is 306 g/mol. The largest absolute Gasteiger partial charge is 0.496 e. The molecule has 4 nitrogen and oxygen atoms in total. The molecule has 1 aromatic carbocycles. The molecule has 0 aliphatic carbocycles. The minimum Gasteiger partial charge on any atom is -0.496 e. The SMILES string of the molecule is COc1ccc(F)cc1CSCC(=O)Nc1ccncc1. The molecule has 0 saturated carbocycles. The van der Waals surface area contributed by atoms with Gasteiger partial charge in [-0.3, -0.25) is 9.78 Å². The van der Waals surface area contributed by atoms with Crippen LogP contribution in [0.4, 0.5) is 10.1 Å². The summed E-state index contributed by atoms with van der Waals surface area (Å²) in [4.78, 5) is 15.6. The maximum atomic E-state index is 13.2. The Morgan fingerprint density at radius 1 is 1.33 bits per heavy atom. The average Bonchev–Trinajstić information content (AvgIpc) is 2.48. The van der Waals surface area contributed by atoms with E-state index in [1.165, 1.54) is 31.0 Å². The van der Waals surface area contributed by atoms with Gasteiger partial charge in [-0.05, 0) is 30.3 Å². The van der Waals surface area contributed by atoms with Crippen molar-refractivity contribution in [2.75, 3.05) is 18.2 Å². The molecule has 0 spiro atoms. The van der Waals surface area contributed by atoms with Gasteiger partial charge in [0.15, 0.2) is 0 Å². The van der Waals surface area contributed by atoms with Gasteiger partial charge in [-0.15, -0.1) is 11.8 Å². The van der Waals surface area contributed by atoms with Gasteiger partial charge in [-0.25, -0.2) is 4.39 Å². The Morgan fingerprint density at radius 3 is 2.81 bits per heavy atom. The molecule has 0 bridgehead atoms. The molecule has 21 heavy (non-hydrogen) atoms. The van der Waals surface area contributed by atoms with Gasteiger partial charge >= 0.3 is 0 Å². The lowest BCUT2D eigenvalue weighted by atomic mass is 10.2. The maximum Gasteiger partial charge on any atom is 0.234 e. The molecule has 1 heterocycles. The lowest BCUT2D eigenvalue weighted by Crippen LogP contribution is -2.14. The van der Waals surface area contributed by atoms with Crippen molar-refractivity contribution in [2.24, 2.45) is 0 Å². The van der Waals surface area contributed by atoms with E-state index in [1.54, 1.807) is 30.6 Å². The third kappa shape index (κ3) is 4.75. The van der Waals surface area contributed by atoms with Crippen LogP contribution in [0.25, 0.3) is 0 Å². The molecule has 0 atom stereocenters. The van der Waals surface area contributed by atoms with E-state index >= 15 is 0 Å². The van der Waals surface area contributed by atoms with Crippen LogP contribution in [0.1, 0.15) is 5.56 Å². The van der Waals surface area contributed by atoms with E-state index < -0.39 is 0 Å². The topological polar surface area (TPSA) is 51.2 Å². The van der Waals surface area contributed by atoms with Gasteiger partial charge in [0.2, 0.25) is 5.91 Å². The second kappa shape index (κ2) is 7.64. The van der Waals surface area contributed by atoms with Crippen LogP contribution in [0, 0.1) is 5.82 Å². The molecule has 6 heteroatoms. The normalized spacial score (nSPS) is 10.2. The Kier molecular flexibility index (Phi) is 5.57. The van der Waals surface area contributed by atoms with Gasteiger partial charge in [0.25, 0.3) is 0 Å². The number of methoxy groups -OCH3 is 1. The molecule has 0 saturated heterocycles. The van der Waals surface area contributed by atoms with Gasteiger partial charge < -0.3 is 10.1 Å². The molecule has 1 aromatic heterocycles. The quantitative estimate of drug-likeness (QED) is 0.891. The van der Waals surface area contributed by atoms with Crippen LogP contribution in [-0.2, 0) is 10.5 Å². The number of pyridine rings is 1. The van der Waals surface area contributed by atoms with Crippen LogP contribution >= 0.6 is 11.8 Å². The summed E-state index contributed by atoms with van der Waals surface area (Å²) in [7, 11) is 1.54. The molecule has 110 valence electrons. The first kappa shape index (κ1) is 15.3. The molecular weight excluding hydrogens is 291 g/mol. The van der Waals surface area contributed by atoms with Gasteiger partial charge in [-0.2, -0.15) is 0 Å². The van der Waals surface area contributed by atoms with E-state index in [2.05, 4.69) is 10.3 Å². The van der Waals surface area contributed by atoms with E-state index in [-0.39, 0.29) is 17.5 Å². The fraction of sp³-hybridized carbons (Fsp3) is 0.200. The van der Waals surface area contributed by atoms with Crippen LogP contribution in [0.3, 0.4) is 0 Å². The fourth-order valence-corrected chi connectivity index (χ4v) is 2.55. The summed E-state index contributed by atoms with van der Waals surface area (Å²) in [6, 6.07) is 7.80. The lowest BCUT2D eigenvalue weighted by molar-refractivity contribution is -0.113. The zero-order valence-corrected chi connectivity index (χ0v) is 12.3. The summed E-state index contributed by atoms with van der Waals surface area (Å²) in [5, 5.41) is 2.76. The van der Waals surface area contributed by atoms with Crippen molar-refractivity contribution in [3.63, 3.8) is 0 Å². The number of anilines is 1. The highest BCUT2D eigenvalue weighted by Gasteiger charge is 2.07.